The van der Waals surface area contributed by atoms with Gasteiger partial charge in [-0.15, -0.1) is 11.3 Å². The predicted octanol–water partition coefficient (Wildman–Crippen LogP) is 5.64. The van der Waals surface area contributed by atoms with Crippen LogP contribution < -0.4 is 5.73 Å². The van der Waals surface area contributed by atoms with Gasteiger partial charge in [0.1, 0.15) is 5.82 Å². The van der Waals surface area contributed by atoms with Crippen molar-refractivity contribution in [3.05, 3.63) is 87.9 Å². The molecule has 2 heterocycles. The van der Waals surface area contributed by atoms with Crippen LogP contribution >= 0.6 is 11.3 Å². The molecular weight excluding hydrogens is 428 g/mol. The minimum absolute atomic E-state index is 0.0249. The fourth-order valence-corrected chi connectivity index (χ4v) is 5.03. The number of aromatic nitrogens is 2. The Bertz CT molecular complexity index is 1190. The Morgan fingerprint density at radius 3 is 2.52 bits per heavy atom. The van der Waals surface area contributed by atoms with E-state index in [1.807, 2.05) is 54.3 Å². The summed E-state index contributed by atoms with van der Waals surface area (Å²) in [5.74, 6) is 1.13. The number of carbonyl (C=O) groups excluding carboxylic acids is 1. The van der Waals surface area contributed by atoms with Gasteiger partial charge in [0.2, 0.25) is 0 Å². The van der Waals surface area contributed by atoms with Crippen LogP contribution in [-0.4, -0.2) is 33.4 Å². The number of carbonyl (C=O) groups is 1. The molecule has 1 amide bonds. The summed E-state index contributed by atoms with van der Waals surface area (Å²) in [7, 11) is 0. The zero-order valence-electron chi connectivity index (χ0n) is 19.6. The second-order valence-electron chi connectivity index (χ2n) is 8.82. The average Bonchev–Trinajstić information content (AvgIpc) is 3.45. The molecule has 1 atom stereocenters. The Hall–Kier alpha value is -2.96. The smallest absolute Gasteiger partial charge is 0.254 e. The number of fused-ring (bicyclic) bond motifs is 1. The zero-order valence-corrected chi connectivity index (χ0v) is 20.4. The van der Waals surface area contributed by atoms with Crippen LogP contribution in [0, 0.1) is 12.8 Å². The molecule has 33 heavy (non-hydrogen) atoms. The van der Waals surface area contributed by atoms with Gasteiger partial charge in [0, 0.05) is 17.0 Å². The molecule has 0 saturated carbocycles. The maximum absolute atomic E-state index is 13.8. The molecule has 0 saturated heterocycles. The molecule has 1 unspecified atom stereocenters. The third-order valence-electron chi connectivity index (χ3n) is 5.97. The number of para-hydroxylation sites is 2. The minimum Gasteiger partial charge on any atom is -0.330 e. The molecule has 0 bridgehead atoms. The van der Waals surface area contributed by atoms with Gasteiger partial charge in [0.25, 0.3) is 5.91 Å². The van der Waals surface area contributed by atoms with Gasteiger partial charge in [-0.05, 0) is 61.5 Å². The highest BCUT2D eigenvalue weighted by molar-refractivity contribution is 7.09. The van der Waals surface area contributed by atoms with Crippen LogP contribution in [0.1, 0.15) is 52.9 Å². The number of imidazole rings is 1. The van der Waals surface area contributed by atoms with Gasteiger partial charge in [-0.3, -0.25) is 4.79 Å². The lowest BCUT2D eigenvalue weighted by Gasteiger charge is -2.34. The van der Waals surface area contributed by atoms with Crippen LogP contribution in [0.4, 0.5) is 0 Å². The first-order valence-corrected chi connectivity index (χ1v) is 12.4. The highest BCUT2D eigenvalue weighted by atomic mass is 32.1. The van der Waals surface area contributed by atoms with Crippen molar-refractivity contribution in [2.75, 3.05) is 13.1 Å². The molecule has 2 aromatic heterocycles. The number of rotatable bonds is 9. The fraction of sp³-hybridized carbons (Fsp3) is 0.333. The Balaban J connectivity index is 1.82. The number of hydrogen-bond acceptors (Lipinski definition) is 4. The summed E-state index contributed by atoms with van der Waals surface area (Å²) in [6.07, 6.45) is 0.742. The van der Waals surface area contributed by atoms with Crippen molar-refractivity contribution < 1.29 is 4.79 Å². The van der Waals surface area contributed by atoms with Crippen molar-refractivity contribution >= 4 is 28.3 Å². The van der Waals surface area contributed by atoms with E-state index in [2.05, 4.69) is 42.0 Å². The van der Waals surface area contributed by atoms with Crippen LogP contribution in [0.3, 0.4) is 0 Å². The standard InChI is InChI=1S/C27H32N4OS/c1-19(2)25(30(16-7-15-28)27(32)21-13-11-20(3)12-14-21)26-29-23-9-4-5-10-24(23)31(26)18-22-8-6-17-33-22/h4-6,8-14,17,19,25H,7,15-16,18,28H2,1-3H3. The van der Waals surface area contributed by atoms with E-state index in [4.69, 9.17) is 10.7 Å². The van der Waals surface area contributed by atoms with Gasteiger partial charge in [0.15, 0.2) is 0 Å². The normalized spacial score (nSPS) is 12.4. The number of nitrogens with two attached hydrogens (primary N) is 1. The van der Waals surface area contributed by atoms with E-state index in [0.717, 1.165) is 35.4 Å². The lowest BCUT2D eigenvalue weighted by atomic mass is 9.99. The maximum atomic E-state index is 13.8. The van der Waals surface area contributed by atoms with Crippen molar-refractivity contribution in [3.8, 4) is 0 Å². The highest BCUT2D eigenvalue weighted by Gasteiger charge is 2.32. The van der Waals surface area contributed by atoms with Crippen molar-refractivity contribution in [3.63, 3.8) is 0 Å². The van der Waals surface area contributed by atoms with Crippen LogP contribution in [0.15, 0.2) is 66.0 Å². The summed E-state index contributed by atoms with van der Waals surface area (Å²) in [4.78, 5) is 22.1. The van der Waals surface area contributed by atoms with E-state index in [1.165, 1.54) is 4.88 Å². The SMILES string of the molecule is Cc1ccc(C(=O)N(CCCN)C(c2nc3ccccc3n2Cc2cccs2)C(C)C)cc1. The molecule has 4 rings (SSSR count). The molecule has 0 radical (unpaired) electrons. The van der Waals surface area contributed by atoms with Crippen LogP contribution in [-0.2, 0) is 6.54 Å². The van der Waals surface area contributed by atoms with E-state index < -0.39 is 0 Å². The van der Waals surface area contributed by atoms with Gasteiger partial charge >= 0.3 is 0 Å². The van der Waals surface area contributed by atoms with Gasteiger partial charge in [0.05, 0.1) is 23.6 Å². The summed E-state index contributed by atoms with van der Waals surface area (Å²) < 4.78 is 2.28. The van der Waals surface area contributed by atoms with Crippen molar-refractivity contribution in [2.24, 2.45) is 11.7 Å². The fourth-order valence-electron chi connectivity index (χ4n) is 4.33. The van der Waals surface area contributed by atoms with Crippen molar-refractivity contribution in [1.82, 2.24) is 14.5 Å². The Kier molecular flexibility index (Phi) is 7.26. The minimum atomic E-state index is -0.169. The molecule has 2 N–H and O–H groups in total. The number of nitrogens with zero attached hydrogens (tertiary/aromatic N) is 3. The van der Waals surface area contributed by atoms with E-state index in [9.17, 15) is 4.79 Å². The van der Waals surface area contributed by atoms with Crippen LogP contribution in [0.25, 0.3) is 11.0 Å². The molecule has 0 aliphatic rings. The average molecular weight is 461 g/mol. The van der Waals surface area contributed by atoms with Gasteiger partial charge < -0.3 is 15.2 Å². The number of hydrogen-bond donors (Lipinski definition) is 1. The monoisotopic (exact) mass is 460 g/mol. The summed E-state index contributed by atoms with van der Waals surface area (Å²) in [5, 5.41) is 2.10. The van der Waals surface area contributed by atoms with Crippen LogP contribution in [0.5, 0.6) is 0 Å². The molecule has 4 aromatic rings. The molecule has 5 nitrogen and oxygen atoms in total. The van der Waals surface area contributed by atoms with E-state index >= 15 is 0 Å². The molecule has 0 aliphatic heterocycles. The molecular formula is C27H32N4OS. The second-order valence-corrected chi connectivity index (χ2v) is 9.85. The first kappa shape index (κ1) is 23.2. The number of thiophene rings is 1. The zero-order chi connectivity index (χ0) is 23.4. The van der Waals surface area contributed by atoms with Gasteiger partial charge in [-0.25, -0.2) is 4.98 Å². The number of aryl methyl sites for hydroxylation is 1. The second kappa shape index (κ2) is 10.3. The quantitative estimate of drug-likeness (QED) is 0.351. The van der Waals surface area contributed by atoms with E-state index in [-0.39, 0.29) is 17.9 Å². The Labute approximate surface area is 199 Å². The molecule has 6 heteroatoms. The number of amides is 1. The molecule has 0 spiro atoms. The van der Waals surface area contributed by atoms with Crippen LogP contribution in [0.2, 0.25) is 0 Å². The third-order valence-corrected chi connectivity index (χ3v) is 6.83. The number of benzene rings is 2. The molecule has 2 aromatic carbocycles. The Morgan fingerprint density at radius 2 is 1.85 bits per heavy atom. The Morgan fingerprint density at radius 1 is 1.09 bits per heavy atom. The van der Waals surface area contributed by atoms with Gasteiger partial charge in [-0.1, -0.05) is 49.7 Å². The molecule has 172 valence electrons. The lowest BCUT2D eigenvalue weighted by molar-refractivity contribution is 0.0605. The first-order valence-electron chi connectivity index (χ1n) is 11.5. The van der Waals surface area contributed by atoms with Crippen molar-refractivity contribution in [2.45, 2.75) is 39.8 Å². The first-order chi connectivity index (χ1) is 16.0. The summed E-state index contributed by atoms with van der Waals surface area (Å²) in [5.41, 5.74) is 9.76. The lowest BCUT2D eigenvalue weighted by Crippen LogP contribution is -2.40. The predicted molar refractivity (Wildman–Crippen MR) is 137 cm³/mol. The van der Waals surface area contributed by atoms with Crippen molar-refractivity contribution in [1.29, 1.82) is 0 Å². The summed E-state index contributed by atoms with van der Waals surface area (Å²) in [6, 6.07) is 20.1. The van der Waals surface area contributed by atoms with Gasteiger partial charge in [-0.2, -0.15) is 0 Å². The summed E-state index contributed by atoms with van der Waals surface area (Å²) >= 11 is 1.74. The summed E-state index contributed by atoms with van der Waals surface area (Å²) in [6.45, 7) is 8.22. The molecule has 0 fully saturated rings. The molecule has 0 aliphatic carbocycles. The van der Waals surface area contributed by atoms with E-state index in [1.54, 1.807) is 11.3 Å². The van der Waals surface area contributed by atoms with E-state index in [0.29, 0.717) is 18.7 Å². The highest BCUT2D eigenvalue weighted by Crippen LogP contribution is 2.33. The largest absolute Gasteiger partial charge is 0.330 e. The third kappa shape index (κ3) is 5.02. The maximum Gasteiger partial charge on any atom is 0.254 e. The topological polar surface area (TPSA) is 64.2 Å².